The molecule has 0 saturated carbocycles. The summed E-state index contributed by atoms with van der Waals surface area (Å²) in [5.41, 5.74) is 4.37. The van der Waals surface area contributed by atoms with E-state index >= 15 is 0 Å². The van der Waals surface area contributed by atoms with Crippen LogP contribution in [0.5, 0.6) is 11.5 Å². The van der Waals surface area contributed by atoms with Crippen molar-refractivity contribution in [1.29, 1.82) is 0 Å². The second-order valence-electron chi connectivity index (χ2n) is 5.74. The average Bonchev–Trinajstić information content (AvgIpc) is 2.64. The van der Waals surface area contributed by atoms with E-state index in [9.17, 15) is 0 Å². The Balaban J connectivity index is 3.87. The van der Waals surface area contributed by atoms with Gasteiger partial charge in [0.1, 0.15) is 24.7 Å². The van der Waals surface area contributed by atoms with E-state index in [1.54, 1.807) is 12.2 Å². The van der Waals surface area contributed by atoms with Crippen LogP contribution < -0.4 is 9.47 Å². The maximum atomic E-state index is 6.08. The molecule has 1 rings (SSSR count). The lowest BCUT2D eigenvalue weighted by Gasteiger charge is -2.25. The molecule has 0 aliphatic carbocycles. The zero-order chi connectivity index (χ0) is 19.4. The highest BCUT2D eigenvalue weighted by Gasteiger charge is 2.23. The molecular weight excluding hydrogens is 320 g/mol. The number of benzene rings is 1. The van der Waals surface area contributed by atoms with E-state index in [-0.39, 0.29) is 0 Å². The van der Waals surface area contributed by atoms with Gasteiger partial charge in [-0.05, 0) is 31.2 Å². The maximum absolute atomic E-state index is 6.08. The lowest BCUT2D eigenvalue weighted by Crippen LogP contribution is -2.12. The van der Waals surface area contributed by atoms with E-state index in [1.165, 1.54) is 0 Å². The zero-order valence-electron chi connectivity index (χ0n) is 15.8. The Labute approximate surface area is 158 Å². The summed E-state index contributed by atoms with van der Waals surface area (Å²) in [6.45, 7) is 24.0. The van der Waals surface area contributed by atoms with Gasteiger partial charge in [0, 0.05) is 16.7 Å². The molecule has 138 valence electrons. The molecule has 0 atom stereocenters. The SMILES string of the molecule is C=CCOc1c(CC=C)c(CC=C)c(CC=C)c(OCC=C)c1CC=C. The van der Waals surface area contributed by atoms with Crippen molar-refractivity contribution >= 4 is 0 Å². The van der Waals surface area contributed by atoms with E-state index in [0.29, 0.717) is 32.5 Å². The molecule has 0 radical (unpaired) electrons. The second-order valence-corrected chi connectivity index (χ2v) is 5.74. The van der Waals surface area contributed by atoms with Gasteiger partial charge in [-0.3, -0.25) is 0 Å². The third-order valence-corrected chi connectivity index (χ3v) is 3.91. The van der Waals surface area contributed by atoms with Crippen molar-refractivity contribution in [1.82, 2.24) is 0 Å². The summed E-state index contributed by atoms with van der Waals surface area (Å²) >= 11 is 0. The lowest BCUT2D eigenvalue weighted by molar-refractivity contribution is 0.334. The van der Waals surface area contributed by atoms with Gasteiger partial charge >= 0.3 is 0 Å². The molecule has 0 amide bonds. The standard InChI is InChI=1S/C24H30O2/c1-7-13-19-20(14-8-2)23(25-17-11-5)22(16-10-4)24(26-18-12-6)21(19)15-9-3/h7-12H,1-6,13-18H2. The molecule has 0 aliphatic rings. The van der Waals surface area contributed by atoms with E-state index in [2.05, 4.69) is 39.5 Å². The molecule has 0 bridgehead atoms. The van der Waals surface area contributed by atoms with Crippen LogP contribution in [-0.2, 0) is 25.7 Å². The van der Waals surface area contributed by atoms with E-state index in [0.717, 1.165) is 40.2 Å². The Kier molecular flexibility index (Phi) is 9.63. The minimum atomic E-state index is 0.420. The second kappa shape index (κ2) is 11.8. The van der Waals surface area contributed by atoms with Crippen LogP contribution in [0.1, 0.15) is 22.3 Å². The molecule has 0 fully saturated rings. The van der Waals surface area contributed by atoms with Crippen LogP contribution in [0.25, 0.3) is 0 Å². The summed E-state index contributed by atoms with van der Waals surface area (Å²) in [6.07, 6.45) is 13.8. The van der Waals surface area contributed by atoms with Crippen LogP contribution in [0.15, 0.2) is 75.9 Å². The third kappa shape index (κ3) is 5.13. The minimum Gasteiger partial charge on any atom is -0.489 e. The van der Waals surface area contributed by atoms with Gasteiger partial charge in [0.2, 0.25) is 0 Å². The first-order chi connectivity index (χ1) is 12.7. The Hall–Kier alpha value is -2.74. The highest BCUT2D eigenvalue weighted by Crippen LogP contribution is 2.41. The van der Waals surface area contributed by atoms with E-state index in [4.69, 9.17) is 9.47 Å². The van der Waals surface area contributed by atoms with Crippen molar-refractivity contribution in [3.05, 3.63) is 98.2 Å². The molecule has 2 nitrogen and oxygen atoms in total. The van der Waals surface area contributed by atoms with Crippen LogP contribution >= 0.6 is 0 Å². The first kappa shape index (κ1) is 21.3. The molecule has 1 aromatic carbocycles. The normalized spacial score (nSPS) is 9.85. The van der Waals surface area contributed by atoms with Crippen LogP contribution in [0.2, 0.25) is 0 Å². The molecule has 1 aromatic rings. The Morgan fingerprint density at radius 1 is 0.462 bits per heavy atom. The molecule has 0 aromatic heterocycles. The number of rotatable bonds is 14. The molecular formula is C24H30O2. The summed E-state index contributed by atoms with van der Waals surface area (Å²) in [5.74, 6) is 1.65. The Bertz CT molecular complexity index is 633. The number of hydrogen-bond acceptors (Lipinski definition) is 2. The van der Waals surface area contributed by atoms with Gasteiger partial charge < -0.3 is 9.47 Å². The summed E-state index contributed by atoms with van der Waals surface area (Å²) in [4.78, 5) is 0. The fourth-order valence-electron chi connectivity index (χ4n) is 3.00. The van der Waals surface area contributed by atoms with Gasteiger partial charge in [0.25, 0.3) is 0 Å². The van der Waals surface area contributed by atoms with Crippen molar-refractivity contribution in [2.75, 3.05) is 13.2 Å². The number of ether oxygens (including phenoxy) is 2. The third-order valence-electron chi connectivity index (χ3n) is 3.91. The molecule has 26 heavy (non-hydrogen) atoms. The van der Waals surface area contributed by atoms with Crippen LogP contribution in [-0.4, -0.2) is 13.2 Å². The summed E-state index contributed by atoms with van der Waals surface area (Å²) < 4.78 is 12.2. The fraction of sp³-hybridized carbons (Fsp3) is 0.250. The summed E-state index contributed by atoms with van der Waals surface area (Å²) in [5, 5.41) is 0. The van der Waals surface area contributed by atoms with Crippen LogP contribution in [0.3, 0.4) is 0 Å². The summed E-state index contributed by atoms with van der Waals surface area (Å²) in [7, 11) is 0. The number of allylic oxidation sites excluding steroid dienone is 4. The zero-order valence-corrected chi connectivity index (χ0v) is 15.8. The topological polar surface area (TPSA) is 18.5 Å². The lowest BCUT2D eigenvalue weighted by atomic mass is 9.88. The fourth-order valence-corrected chi connectivity index (χ4v) is 3.00. The van der Waals surface area contributed by atoms with Gasteiger partial charge in [-0.2, -0.15) is 0 Å². The smallest absolute Gasteiger partial charge is 0.130 e. The first-order valence-corrected chi connectivity index (χ1v) is 8.80. The first-order valence-electron chi connectivity index (χ1n) is 8.80. The largest absolute Gasteiger partial charge is 0.489 e. The van der Waals surface area contributed by atoms with Crippen molar-refractivity contribution < 1.29 is 9.47 Å². The summed E-state index contributed by atoms with van der Waals surface area (Å²) in [6, 6.07) is 0. The van der Waals surface area contributed by atoms with Crippen molar-refractivity contribution in [2.45, 2.75) is 25.7 Å². The quantitative estimate of drug-likeness (QED) is 0.399. The van der Waals surface area contributed by atoms with E-state index < -0.39 is 0 Å². The monoisotopic (exact) mass is 350 g/mol. The van der Waals surface area contributed by atoms with Crippen LogP contribution in [0.4, 0.5) is 0 Å². The van der Waals surface area contributed by atoms with Gasteiger partial charge in [0.05, 0.1) is 0 Å². The average molecular weight is 351 g/mol. The maximum Gasteiger partial charge on any atom is 0.130 e. The predicted octanol–water partition coefficient (Wildman–Crippen LogP) is 5.73. The molecule has 0 aliphatic heterocycles. The van der Waals surface area contributed by atoms with Crippen molar-refractivity contribution in [2.24, 2.45) is 0 Å². The van der Waals surface area contributed by atoms with Gasteiger partial charge in [-0.1, -0.05) is 49.6 Å². The minimum absolute atomic E-state index is 0.420. The molecule has 0 heterocycles. The molecule has 2 heteroatoms. The van der Waals surface area contributed by atoms with Gasteiger partial charge in [-0.15, -0.1) is 26.3 Å². The Morgan fingerprint density at radius 2 is 0.808 bits per heavy atom. The molecule has 0 saturated heterocycles. The Morgan fingerprint density at radius 3 is 1.15 bits per heavy atom. The van der Waals surface area contributed by atoms with Crippen molar-refractivity contribution in [3.8, 4) is 11.5 Å². The van der Waals surface area contributed by atoms with E-state index in [1.807, 2.05) is 24.3 Å². The molecule has 0 unspecified atom stereocenters. The van der Waals surface area contributed by atoms with Gasteiger partial charge in [-0.25, -0.2) is 0 Å². The predicted molar refractivity (Wildman–Crippen MR) is 113 cm³/mol. The molecule has 0 N–H and O–H groups in total. The van der Waals surface area contributed by atoms with Gasteiger partial charge in [0.15, 0.2) is 0 Å². The molecule has 0 spiro atoms. The number of hydrogen-bond donors (Lipinski definition) is 0. The van der Waals surface area contributed by atoms with Crippen LogP contribution in [0, 0.1) is 0 Å². The van der Waals surface area contributed by atoms with Crippen molar-refractivity contribution in [3.63, 3.8) is 0 Å². The highest BCUT2D eigenvalue weighted by molar-refractivity contribution is 5.61. The highest BCUT2D eigenvalue weighted by atomic mass is 16.5.